The van der Waals surface area contributed by atoms with Gasteiger partial charge in [-0.25, -0.2) is 0 Å². The molecule has 0 aliphatic heterocycles. The van der Waals surface area contributed by atoms with Crippen LogP contribution in [-0.4, -0.2) is 30.3 Å². The highest BCUT2D eigenvalue weighted by atomic mass is 16.1. The van der Waals surface area contributed by atoms with E-state index in [0.29, 0.717) is 23.2 Å². The molecular weight excluding hydrogens is 258 g/mol. The van der Waals surface area contributed by atoms with E-state index in [2.05, 4.69) is 39.6 Å². The largest absolute Gasteiger partial charge is 0.303 e. The maximum Gasteiger partial charge on any atom is 0.137 e. The zero-order valence-electron chi connectivity index (χ0n) is 14.8. The highest BCUT2D eigenvalue weighted by Crippen LogP contribution is 2.39. The topological polar surface area (TPSA) is 20.3 Å². The second-order valence-electron chi connectivity index (χ2n) is 8.87. The van der Waals surface area contributed by atoms with Gasteiger partial charge >= 0.3 is 0 Å². The Kier molecular flexibility index (Phi) is 5.51. The van der Waals surface area contributed by atoms with Gasteiger partial charge in [0.1, 0.15) is 5.78 Å². The van der Waals surface area contributed by atoms with Crippen LogP contribution in [0.2, 0.25) is 0 Å². The molecule has 0 N–H and O–H groups in total. The van der Waals surface area contributed by atoms with Crippen LogP contribution in [0.25, 0.3) is 0 Å². The fraction of sp³-hybridized carbons (Fsp3) is 0.947. The summed E-state index contributed by atoms with van der Waals surface area (Å²) >= 11 is 0. The lowest BCUT2D eigenvalue weighted by Gasteiger charge is -2.40. The molecular formula is C19H35NO. The van der Waals surface area contributed by atoms with Crippen LogP contribution in [-0.2, 0) is 4.79 Å². The summed E-state index contributed by atoms with van der Waals surface area (Å²) in [5.74, 6) is 2.37. The molecule has 0 amide bonds. The molecule has 2 heteroatoms. The van der Waals surface area contributed by atoms with Gasteiger partial charge in [0.25, 0.3) is 0 Å². The van der Waals surface area contributed by atoms with Crippen molar-refractivity contribution in [3.63, 3.8) is 0 Å². The molecule has 0 aromatic rings. The smallest absolute Gasteiger partial charge is 0.137 e. The van der Waals surface area contributed by atoms with E-state index in [1.54, 1.807) is 0 Å². The third kappa shape index (κ3) is 4.55. The Labute approximate surface area is 131 Å². The molecule has 2 saturated carbocycles. The Bertz CT molecular complexity index is 357. The minimum absolute atomic E-state index is 0.283. The van der Waals surface area contributed by atoms with Crippen molar-refractivity contribution in [3.05, 3.63) is 0 Å². The van der Waals surface area contributed by atoms with E-state index < -0.39 is 0 Å². The second kappa shape index (κ2) is 6.81. The van der Waals surface area contributed by atoms with Crippen LogP contribution in [0.5, 0.6) is 0 Å². The first-order chi connectivity index (χ1) is 9.77. The molecule has 2 fully saturated rings. The van der Waals surface area contributed by atoms with Gasteiger partial charge in [0, 0.05) is 24.9 Å². The van der Waals surface area contributed by atoms with Gasteiger partial charge < -0.3 is 4.90 Å². The molecule has 0 bridgehead atoms. The van der Waals surface area contributed by atoms with Crippen molar-refractivity contribution >= 4 is 5.78 Å². The third-order valence-electron chi connectivity index (χ3n) is 6.03. The average Bonchev–Trinajstić information content (AvgIpc) is 2.40. The van der Waals surface area contributed by atoms with Crippen LogP contribution in [0.4, 0.5) is 0 Å². The predicted octanol–water partition coefficient (Wildman–Crippen LogP) is 4.53. The Morgan fingerprint density at radius 3 is 2.48 bits per heavy atom. The summed E-state index contributed by atoms with van der Waals surface area (Å²) in [6, 6.07) is 0.705. The zero-order chi connectivity index (χ0) is 15.6. The Balaban J connectivity index is 1.92. The highest BCUT2D eigenvalue weighted by Gasteiger charge is 2.36. The number of carbonyl (C=O) groups excluding carboxylic acids is 1. The summed E-state index contributed by atoms with van der Waals surface area (Å²) in [4.78, 5) is 14.8. The maximum absolute atomic E-state index is 12.3. The zero-order valence-corrected chi connectivity index (χ0v) is 14.8. The van der Waals surface area contributed by atoms with E-state index in [9.17, 15) is 4.79 Å². The van der Waals surface area contributed by atoms with Gasteiger partial charge in [0.15, 0.2) is 0 Å². The van der Waals surface area contributed by atoms with Gasteiger partial charge in [0.2, 0.25) is 0 Å². The van der Waals surface area contributed by atoms with Gasteiger partial charge in [-0.2, -0.15) is 0 Å². The van der Waals surface area contributed by atoms with Crippen molar-refractivity contribution in [2.24, 2.45) is 23.2 Å². The van der Waals surface area contributed by atoms with Gasteiger partial charge in [-0.1, -0.05) is 40.5 Å². The highest BCUT2D eigenvalue weighted by molar-refractivity contribution is 5.82. The number of Topliss-reactive ketones (excluding diaryl/α,β-unsaturated/α-hetero) is 1. The first-order valence-electron chi connectivity index (χ1n) is 9.00. The Morgan fingerprint density at radius 1 is 1.14 bits per heavy atom. The van der Waals surface area contributed by atoms with E-state index in [0.717, 1.165) is 31.7 Å². The molecule has 2 rings (SSSR count). The molecule has 4 atom stereocenters. The quantitative estimate of drug-likeness (QED) is 0.762. The summed E-state index contributed by atoms with van der Waals surface area (Å²) in [7, 11) is 2.25. The monoisotopic (exact) mass is 293 g/mol. The van der Waals surface area contributed by atoms with E-state index in [-0.39, 0.29) is 5.92 Å². The van der Waals surface area contributed by atoms with Crippen molar-refractivity contribution in [2.75, 3.05) is 13.6 Å². The molecule has 0 aromatic heterocycles. The maximum atomic E-state index is 12.3. The van der Waals surface area contributed by atoms with E-state index in [1.165, 1.54) is 25.7 Å². The van der Waals surface area contributed by atoms with Gasteiger partial charge in [-0.3, -0.25) is 4.79 Å². The molecule has 2 aliphatic carbocycles. The molecule has 0 saturated heterocycles. The summed E-state index contributed by atoms with van der Waals surface area (Å²) in [6.07, 6.45) is 8.40. The third-order valence-corrected chi connectivity index (χ3v) is 6.03. The van der Waals surface area contributed by atoms with E-state index >= 15 is 0 Å². The Morgan fingerprint density at radius 2 is 1.86 bits per heavy atom. The molecule has 2 nitrogen and oxygen atoms in total. The van der Waals surface area contributed by atoms with Crippen molar-refractivity contribution in [2.45, 2.75) is 78.7 Å². The van der Waals surface area contributed by atoms with Crippen molar-refractivity contribution < 1.29 is 4.79 Å². The molecule has 0 aromatic carbocycles. The van der Waals surface area contributed by atoms with Gasteiger partial charge in [-0.15, -0.1) is 0 Å². The first-order valence-corrected chi connectivity index (χ1v) is 9.00. The van der Waals surface area contributed by atoms with Crippen molar-refractivity contribution in [1.82, 2.24) is 4.90 Å². The fourth-order valence-corrected chi connectivity index (χ4v) is 4.38. The van der Waals surface area contributed by atoms with E-state index in [4.69, 9.17) is 0 Å². The number of ketones is 1. The second-order valence-corrected chi connectivity index (χ2v) is 8.87. The minimum atomic E-state index is 0.283. The average molecular weight is 293 g/mol. The molecule has 2 aliphatic rings. The van der Waals surface area contributed by atoms with Gasteiger partial charge in [0.05, 0.1) is 0 Å². The standard InChI is InChI=1S/C19H35NO/c1-14-7-6-8-17(11-14)20(5)13-15-12-16(19(2,3)4)9-10-18(15)21/h14-17H,6-13H2,1-5H3. The lowest BCUT2D eigenvalue weighted by atomic mass is 9.68. The van der Waals surface area contributed by atoms with Crippen LogP contribution in [0.3, 0.4) is 0 Å². The van der Waals surface area contributed by atoms with Crippen LogP contribution >= 0.6 is 0 Å². The molecule has 4 unspecified atom stereocenters. The summed E-state index contributed by atoms with van der Waals surface area (Å²) in [5.41, 5.74) is 0.344. The van der Waals surface area contributed by atoms with Crippen LogP contribution in [0.1, 0.15) is 72.6 Å². The number of hydrogen-bond acceptors (Lipinski definition) is 2. The molecule has 21 heavy (non-hydrogen) atoms. The van der Waals surface area contributed by atoms with Crippen LogP contribution in [0, 0.1) is 23.2 Å². The molecule has 0 spiro atoms. The fourth-order valence-electron chi connectivity index (χ4n) is 4.38. The SMILES string of the molecule is CC1CCCC(N(C)CC2CC(C(C)(C)C)CCC2=O)C1. The number of carbonyl (C=O) groups is 1. The van der Waals surface area contributed by atoms with Crippen LogP contribution < -0.4 is 0 Å². The lowest BCUT2D eigenvalue weighted by Crippen LogP contribution is -2.43. The normalized spacial score (nSPS) is 35.2. The van der Waals surface area contributed by atoms with Crippen LogP contribution in [0.15, 0.2) is 0 Å². The predicted molar refractivity (Wildman–Crippen MR) is 89.3 cm³/mol. The molecule has 0 radical (unpaired) electrons. The van der Waals surface area contributed by atoms with Crippen molar-refractivity contribution in [3.8, 4) is 0 Å². The van der Waals surface area contributed by atoms with Gasteiger partial charge in [-0.05, 0) is 50.0 Å². The lowest BCUT2D eigenvalue weighted by molar-refractivity contribution is -0.127. The van der Waals surface area contributed by atoms with E-state index in [1.807, 2.05) is 0 Å². The molecule has 122 valence electrons. The summed E-state index contributed by atoms with van der Waals surface area (Å²) < 4.78 is 0. The minimum Gasteiger partial charge on any atom is -0.303 e. The Hall–Kier alpha value is -0.370. The van der Waals surface area contributed by atoms with Crippen molar-refractivity contribution in [1.29, 1.82) is 0 Å². The first kappa shape index (κ1) is 17.0. The number of hydrogen-bond donors (Lipinski definition) is 0. The summed E-state index contributed by atoms with van der Waals surface area (Å²) in [5, 5.41) is 0. The summed E-state index contributed by atoms with van der Waals surface area (Å²) in [6.45, 7) is 10.4. The molecule has 0 heterocycles. The number of rotatable bonds is 3. The number of nitrogens with zero attached hydrogens (tertiary/aromatic N) is 1.